The maximum Gasteiger partial charge on any atom is 0.417 e. The zero-order valence-electron chi connectivity index (χ0n) is 15.0. The third-order valence-corrected chi connectivity index (χ3v) is 5.09. The van der Waals surface area contributed by atoms with E-state index in [4.69, 9.17) is 11.6 Å². The monoisotopic (exact) mass is 466 g/mol. The molecule has 0 spiro atoms. The Morgan fingerprint density at radius 1 is 1.23 bits per heavy atom. The molecule has 6 nitrogen and oxygen atoms in total. The quantitative estimate of drug-likeness (QED) is 0.403. The second-order valence-corrected chi connectivity index (χ2v) is 7.62. The van der Waals surface area contributed by atoms with Gasteiger partial charge in [0.2, 0.25) is 5.91 Å². The molecule has 0 saturated heterocycles. The lowest BCUT2D eigenvalue weighted by molar-refractivity contribution is -0.137. The number of alkyl halides is 5. The summed E-state index contributed by atoms with van der Waals surface area (Å²) in [6.07, 6.45) is -3.82. The summed E-state index contributed by atoms with van der Waals surface area (Å²) < 4.78 is 68.7. The van der Waals surface area contributed by atoms with Gasteiger partial charge in [-0.1, -0.05) is 23.4 Å². The van der Waals surface area contributed by atoms with E-state index in [2.05, 4.69) is 20.3 Å². The van der Waals surface area contributed by atoms with E-state index in [1.165, 1.54) is 31.2 Å². The smallest absolute Gasteiger partial charge is 0.417 e. The molecule has 30 heavy (non-hydrogen) atoms. The van der Waals surface area contributed by atoms with Crippen molar-refractivity contribution in [2.45, 2.75) is 30.1 Å². The Morgan fingerprint density at radius 2 is 1.90 bits per heavy atom. The SMILES string of the molecule is CC(Sc1nnc2c(Cl)cc(C(F)(F)F)cn12)C(=O)Nc1ccc(OC(F)F)cc1. The third-order valence-electron chi connectivity index (χ3n) is 3.75. The summed E-state index contributed by atoms with van der Waals surface area (Å²) in [5.41, 5.74) is -0.637. The molecule has 0 aliphatic rings. The van der Waals surface area contributed by atoms with Gasteiger partial charge in [-0.05, 0) is 37.3 Å². The molecule has 0 saturated carbocycles. The molecule has 3 rings (SSSR count). The van der Waals surface area contributed by atoms with Crippen molar-refractivity contribution in [2.75, 3.05) is 5.32 Å². The van der Waals surface area contributed by atoms with Crippen LogP contribution >= 0.6 is 23.4 Å². The van der Waals surface area contributed by atoms with Crippen LogP contribution in [0.2, 0.25) is 5.02 Å². The summed E-state index contributed by atoms with van der Waals surface area (Å²) in [5.74, 6) is -0.560. The van der Waals surface area contributed by atoms with Crippen molar-refractivity contribution < 1.29 is 31.5 Å². The first-order valence-corrected chi connectivity index (χ1v) is 9.44. The van der Waals surface area contributed by atoms with E-state index in [-0.39, 0.29) is 21.6 Å². The van der Waals surface area contributed by atoms with Crippen molar-refractivity contribution in [2.24, 2.45) is 0 Å². The van der Waals surface area contributed by atoms with E-state index in [0.717, 1.165) is 28.4 Å². The number of amides is 1. The number of halogens is 6. The number of carbonyl (C=O) groups is 1. The Bertz CT molecular complexity index is 1060. The number of aromatic nitrogens is 3. The minimum absolute atomic E-state index is 0.0226. The lowest BCUT2D eigenvalue weighted by Gasteiger charge is -2.12. The number of hydrogen-bond acceptors (Lipinski definition) is 5. The Kier molecular flexibility index (Phi) is 6.36. The standard InChI is InChI=1S/C17H12ClF5N4O2S/c1-8(14(28)24-10-2-4-11(5-3-10)29-15(19)20)30-16-26-25-13-12(18)6-9(7-27(13)16)17(21,22)23/h2-8,15H,1H3,(H,24,28). The van der Waals surface area contributed by atoms with Gasteiger partial charge in [0.25, 0.3) is 0 Å². The maximum atomic E-state index is 13.0. The summed E-state index contributed by atoms with van der Waals surface area (Å²) in [7, 11) is 0. The van der Waals surface area contributed by atoms with Crippen molar-refractivity contribution in [3.05, 3.63) is 47.1 Å². The van der Waals surface area contributed by atoms with E-state index in [1.54, 1.807) is 0 Å². The van der Waals surface area contributed by atoms with Gasteiger partial charge in [-0.2, -0.15) is 22.0 Å². The molecule has 2 heterocycles. The fourth-order valence-corrected chi connectivity index (χ4v) is 3.41. The van der Waals surface area contributed by atoms with Crippen LogP contribution in [0.15, 0.2) is 41.7 Å². The van der Waals surface area contributed by atoms with E-state index in [9.17, 15) is 26.7 Å². The van der Waals surface area contributed by atoms with Crippen LogP contribution in [0.1, 0.15) is 12.5 Å². The number of benzene rings is 1. The summed E-state index contributed by atoms with van der Waals surface area (Å²) in [6.45, 7) is -1.45. The molecule has 1 N–H and O–H groups in total. The normalized spacial score (nSPS) is 12.9. The van der Waals surface area contributed by atoms with Crippen LogP contribution in [0, 0.1) is 0 Å². The fourth-order valence-electron chi connectivity index (χ4n) is 2.34. The number of carbonyl (C=O) groups excluding carboxylic acids is 1. The average Bonchev–Trinajstić information content (AvgIpc) is 3.05. The highest BCUT2D eigenvalue weighted by Crippen LogP contribution is 2.34. The molecule has 0 aliphatic heterocycles. The number of rotatable bonds is 6. The molecule has 0 aliphatic carbocycles. The van der Waals surface area contributed by atoms with Crippen molar-refractivity contribution in [3.8, 4) is 5.75 Å². The molecule has 1 unspecified atom stereocenters. The number of ether oxygens (including phenoxy) is 1. The van der Waals surface area contributed by atoms with E-state index in [0.29, 0.717) is 5.69 Å². The van der Waals surface area contributed by atoms with E-state index >= 15 is 0 Å². The first-order valence-electron chi connectivity index (χ1n) is 8.18. The number of hydrogen-bond donors (Lipinski definition) is 1. The van der Waals surface area contributed by atoms with Gasteiger partial charge in [0, 0.05) is 11.9 Å². The number of nitrogens with one attached hydrogen (secondary N) is 1. The number of thioether (sulfide) groups is 1. The molecule has 1 amide bonds. The van der Waals surface area contributed by atoms with E-state index < -0.39 is 29.5 Å². The minimum atomic E-state index is -4.62. The molecule has 160 valence electrons. The molecule has 3 aromatic rings. The maximum absolute atomic E-state index is 13.0. The Labute approximate surface area is 175 Å². The van der Waals surface area contributed by atoms with Crippen LogP contribution < -0.4 is 10.1 Å². The van der Waals surface area contributed by atoms with Gasteiger partial charge >= 0.3 is 12.8 Å². The first-order chi connectivity index (χ1) is 14.0. The van der Waals surface area contributed by atoms with Crippen LogP contribution in [-0.4, -0.2) is 32.4 Å². The van der Waals surface area contributed by atoms with Gasteiger partial charge < -0.3 is 10.1 Å². The van der Waals surface area contributed by atoms with Gasteiger partial charge in [-0.15, -0.1) is 10.2 Å². The van der Waals surface area contributed by atoms with E-state index in [1.807, 2.05) is 0 Å². The van der Waals surface area contributed by atoms with Crippen LogP contribution in [-0.2, 0) is 11.0 Å². The van der Waals surface area contributed by atoms with Crippen molar-refractivity contribution >= 4 is 40.6 Å². The molecular weight excluding hydrogens is 455 g/mol. The third kappa shape index (κ3) is 5.11. The van der Waals surface area contributed by atoms with Crippen LogP contribution in [0.5, 0.6) is 5.75 Å². The lowest BCUT2D eigenvalue weighted by Crippen LogP contribution is -2.22. The zero-order valence-corrected chi connectivity index (χ0v) is 16.5. The Balaban J connectivity index is 1.73. The average molecular weight is 467 g/mol. The zero-order chi connectivity index (χ0) is 22.1. The second-order valence-electron chi connectivity index (χ2n) is 5.90. The van der Waals surface area contributed by atoms with Gasteiger partial charge in [0.1, 0.15) is 5.75 Å². The van der Waals surface area contributed by atoms with Gasteiger partial charge in [0.05, 0.1) is 15.8 Å². The molecule has 1 atom stereocenters. The fraction of sp³-hybridized carbons (Fsp3) is 0.235. The number of fused-ring (bicyclic) bond motifs is 1. The lowest BCUT2D eigenvalue weighted by atomic mass is 10.3. The molecular formula is C17H12ClF5N4O2S. The van der Waals surface area contributed by atoms with Crippen LogP contribution in [0.3, 0.4) is 0 Å². The largest absolute Gasteiger partial charge is 0.435 e. The molecule has 1 aromatic carbocycles. The molecule has 0 radical (unpaired) electrons. The van der Waals surface area contributed by atoms with Gasteiger partial charge in [0.15, 0.2) is 10.8 Å². The topological polar surface area (TPSA) is 68.5 Å². The summed E-state index contributed by atoms with van der Waals surface area (Å²) in [5, 5.41) is 9.16. The van der Waals surface area contributed by atoms with Gasteiger partial charge in [-0.3, -0.25) is 9.20 Å². The second kappa shape index (κ2) is 8.64. The highest BCUT2D eigenvalue weighted by Gasteiger charge is 2.32. The number of anilines is 1. The first kappa shape index (κ1) is 22.1. The predicted octanol–water partition coefficient (Wildman–Crippen LogP) is 5.12. The highest BCUT2D eigenvalue weighted by atomic mass is 35.5. The summed E-state index contributed by atoms with van der Waals surface area (Å²) >= 11 is 6.74. The Morgan fingerprint density at radius 3 is 2.50 bits per heavy atom. The molecule has 2 aromatic heterocycles. The van der Waals surface area contributed by atoms with Crippen molar-refractivity contribution in [3.63, 3.8) is 0 Å². The number of nitrogens with zero attached hydrogens (tertiary/aromatic N) is 3. The van der Waals surface area contributed by atoms with Gasteiger partial charge in [-0.25, -0.2) is 0 Å². The molecule has 0 bridgehead atoms. The predicted molar refractivity (Wildman–Crippen MR) is 100 cm³/mol. The summed E-state index contributed by atoms with van der Waals surface area (Å²) in [6, 6.07) is 6.00. The number of pyridine rings is 1. The van der Waals surface area contributed by atoms with Crippen LogP contribution in [0.25, 0.3) is 5.65 Å². The highest BCUT2D eigenvalue weighted by molar-refractivity contribution is 8.00. The minimum Gasteiger partial charge on any atom is -0.435 e. The Hall–Kier alpha value is -2.60. The molecule has 13 heteroatoms. The molecule has 0 fully saturated rings. The van der Waals surface area contributed by atoms with Crippen molar-refractivity contribution in [1.29, 1.82) is 0 Å². The summed E-state index contributed by atoms with van der Waals surface area (Å²) in [4.78, 5) is 12.4. The van der Waals surface area contributed by atoms with Crippen LogP contribution in [0.4, 0.5) is 27.6 Å². The van der Waals surface area contributed by atoms with Crippen molar-refractivity contribution in [1.82, 2.24) is 14.6 Å².